The van der Waals surface area contributed by atoms with E-state index in [2.05, 4.69) is 24.1 Å². The van der Waals surface area contributed by atoms with Gasteiger partial charge in [0.1, 0.15) is 5.76 Å². The zero-order chi connectivity index (χ0) is 25.0. The quantitative estimate of drug-likeness (QED) is 0.385. The van der Waals surface area contributed by atoms with Gasteiger partial charge >= 0.3 is 5.97 Å². The fraction of sp³-hybridized carbons (Fsp3) is 0.400. The molecule has 0 unspecified atom stereocenters. The van der Waals surface area contributed by atoms with Gasteiger partial charge in [0.2, 0.25) is 10.4 Å². The van der Waals surface area contributed by atoms with Crippen LogP contribution < -0.4 is 9.47 Å². The van der Waals surface area contributed by atoms with Crippen LogP contribution in [0, 0.1) is 5.92 Å². The third-order valence-electron chi connectivity index (χ3n) is 7.65. The topological polar surface area (TPSA) is 125 Å². The summed E-state index contributed by atoms with van der Waals surface area (Å²) in [6, 6.07) is 13.8. The Morgan fingerprint density at radius 1 is 1.23 bits per heavy atom. The molecule has 10 heteroatoms. The Bertz CT molecular complexity index is 1280. The highest BCUT2D eigenvalue weighted by Crippen LogP contribution is 2.63. The molecule has 2 aromatic carbocycles. The number of piperidine rings is 1. The van der Waals surface area contributed by atoms with Crippen LogP contribution in [0.2, 0.25) is 0 Å². The maximum absolute atomic E-state index is 12.8. The van der Waals surface area contributed by atoms with Crippen molar-refractivity contribution in [2.24, 2.45) is 5.92 Å². The number of carbonyl (C=O) groups excluding carboxylic acids is 1. The van der Waals surface area contributed by atoms with Crippen molar-refractivity contribution < 1.29 is 36.5 Å². The van der Waals surface area contributed by atoms with E-state index in [1.807, 2.05) is 24.3 Å². The minimum absolute atomic E-state index is 0.157. The first-order chi connectivity index (χ1) is 16.6. The van der Waals surface area contributed by atoms with Gasteiger partial charge < -0.3 is 23.7 Å². The Morgan fingerprint density at radius 2 is 1.94 bits per heavy atom. The number of carbonyl (C=O) groups is 1. The number of nitrogens with zero attached hydrogens (tertiary/aromatic N) is 1. The van der Waals surface area contributed by atoms with Crippen molar-refractivity contribution in [2.45, 2.75) is 36.8 Å². The summed E-state index contributed by atoms with van der Waals surface area (Å²) in [5.74, 6) is 2.37. The predicted molar refractivity (Wildman–Crippen MR) is 124 cm³/mol. The molecule has 0 radical (unpaired) electrons. The molecular formula is C25H26NO8S-. The molecule has 1 saturated heterocycles. The van der Waals surface area contributed by atoms with Crippen LogP contribution in [0.3, 0.4) is 0 Å². The van der Waals surface area contributed by atoms with Gasteiger partial charge in [-0.1, -0.05) is 24.3 Å². The van der Waals surface area contributed by atoms with E-state index in [-0.39, 0.29) is 17.5 Å². The van der Waals surface area contributed by atoms with Crippen LogP contribution in [0.15, 0.2) is 54.3 Å². The standard InChI is InChI=1S/C25H25NO4.H2O4S/c1-26-13-12-25-17-9-11-20(29-24(27)15-6-4-3-5-7-15)23(25)30-22-19(28-2)10-8-16(21(22)25)14-18(17)26;1-5(2,3)4/h3-8,10-11,17-18,23H,9,12-14H2,1-2H3;(H2,1,2,3,4)/p-1/t17-,18+,23-,25-;/m0./s1. The second-order valence-electron chi connectivity index (χ2n) is 9.30. The molecule has 1 fully saturated rings. The predicted octanol–water partition coefficient (Wildman–Crippen LogP) is 2.72. The summed E-state index contributed by atoms with van der Waals surface area (Å²) >= 11 is 0. The van der Waals surface area contributed by atoms with Gasteiger partial charge in [0.25, 0.3) is 0 Å². The number of hydrogen-bond donors (Lipinski definition) is 1. The summed E-state index contributed by atoms with van der Waals surface area (Å²) in [7, 11) is -1.00. The van der Waals surface area contributed by atoms with E-state index in [1.165, 1.54) is 11.1 Å². The molecule has 9 nitrogen and oxygen atoms in total. The van der Waals surface area contributed by atoms with Gasteiger partial charge in [-0.05, 0) is 68.6 Å². The summed E-state index contributed by atoms with van der Waals surface area (Å²) in [5, 5.41) is 0. The Kier molecular flexibility index (Phi) is 5.87. The zero-order valence-electron chi connectivity index (χ0n) is 19.3. The highest BCUT2D eigenvalue weighted by Gasteiger charge is 2.64. The van der Waals surface area contributed by atoms with Crippen molar-refractivity contribution >= 4 is 16.4 Å². The van der Waals surface area contributed by atoms with Crippen molar-refractivity contribution in [2.75, 3.05) is 20.7 Å². The number of likely N-dealkylation sites (N-methyl/N-ethyl adjacent to an activating group) is 1. The molecule has 4 aliphatic rings. The number of benzene rings is 2. The second kappa shape index (κ2) is 8.63. The lowest BCUT2D eigenvalue weighted by Gasteiger charge is -2.56. The van der Waals surface area contributed by atoms with Crippen LogP contribution >= 0.6 is 0 Å². The maximum atomic E-state index is 12.8. The van der Waals surface area contributed by atoms with Gasteiger partial charge in [-0.3, -0.25) is 4.55 Å². The number of allylic oxidation sites excluding steroid dienone is 1. The first kappa shape index (κ1) is 23.8. The van der Waals surface area contributed by atoms with Crippen LogP contribution in [0.5, 0.6) is 11.5 Å². The van der Waals surface area contributed by atoms with Crippen LogP contribution in [0.4, 0.5) is 0 Å². The highest BCUT2D eigenvalue weighted by molar-refractivity contribution is 7.79. The SMILES string of the molecule is COc1ccc2c3c1O[C@H]1C(OC(=O)c4ccccc4)=CC[C@H]4[C@@H](C2)N(C)CC[C@]314.O=S(=O)([O-])O. The third-order valence-corrected chi connectivity index (χ3v) is 7.65. The molecular weight excluding hydrogens is 474 g/mol. The van der Waals surface area contributed by atoms with E-state index in [0.29, 0.717) is 23.3 Å². The van der Waals surface area contributed by atoms with Crippen molar-refractivity contribution in [1.82, 2.24) is 4.90 Å². The normalized spacial score (nSPS) is 28.0. The average molecular weight is 501 g/mol. The molecule has 35 heavy (non-hydrogen) atoms. The first-order valence-corrected chi connectivity index (χ1v) is 12.7. The number of esters is 1. The van der Waals surface area contributed by atoms with E-state index in [1.54, 1.807) is 19.2 Å². The Hall–Kier alpha value is -2.92. The monoisotopic (exact) mass is 500 g/mol. The zero-order valence-corrected chi connectivity index (χ0v) is 20.2. The summed E-state index contributed by atoms with van der Waals surface area (Å²) in [6.45, 7) is 1.01. The Morgan fingerprint density at radius 3 is 2.63 bits per heavy atom. The molecule has 2 heterocycles. The molecule has 2 bridgehead atoms. The molecule has 0 amide bonds. The van der Waals surface area contributed by atoms with Gasteiger partial charge in [0, 0.05) is 17.0 Å². The largest absolute Gasteiger partial charge is 0.726 e. The number of ether oxygens (including phenoxy) is 3. The highest BCUT2D eigenvalue weighted by atomic mass is 32.3. The van der Waals surface area contributed by atoms with E-state index < -0.39 is 10.4 Å². The van der Waals surface area contributed by atoms with Crippen molar-refractivity contribution in [3.63, 3.8) is 0 Å². The van der Waals surface area contributed by atoms with Crippen molar-refractivity contribution in [1.29, 1.82) is 0 Å². The van der Waals surface area contributed by atoms with Gasteiger partial charge in [0.05, 0.1) is 12.7 Å². The van der Waals surface area contributed by atoms with Gasteiger partial charge in [0.15, 0.2) is 17.6 Å². The van der Waals surface area contributed by atoms with E-state index in [0.717, 1.165) is 37.3 Å². The third kappa shape index (κ3) is 4.00. The van der Waals surface area contributed by atoms with Crippen LogP contribution in [0.25, 0.3) is 0 Å². The summed E-state index contributed by atoms with van der Waals surface area (Å²) in [4.78, 5) is 15.3. The maximum Gasteiger partial charge on any atom is 0.343 e. The fourth-order valence-corrected chi connectivity index (χ4v) is 6.30. The lowest BCUT2D eigenvalue weighted by atomic mass is 9.53. The lowest BCUT2D eigenvalue weighted by molar-refractivity contribution is -0.0272. The van der Waals surface area contributed by atoms with Gasteiger partial charge in [-0.25, -0.2) is 13.2 Å². The van der Waals surface area contributed by atoms with Crippen LogP contribution in [-0.4, -0.2) is 61.2 Å². The van der Waals surface area contributed by atoms with Gasteiger partial charge in [-0.2, -0.15) is 0 Å². The van der Waals surface area contributed by atoms with Crippen LogP contribution in [0.1, 0.15) is 34.3 Å². The minimum atomic E-state index is -4.92. The fourth-order valence-electron chi connectivity index (χ4n) is 6.30. The first-order valence-electron chi connectivity index (χ1n) is 11.4. The summed E-state index contributed by atoms with van der Waals surface area (Å²) in [6.07, 6.45) is 4.71. The average Bonchev–Trinajstić information content (AvgIpc) is 3.17. The molecule has 186 valence electrons. The van der Waals surface area contributed by atoms with E-state index >= 15 is 0 Å². The molecule has 2 aromatic rings. The molecule has 4 atom stereocenters. The molecule has 6 rings (SSSR count). The Balaban J connectivity index is 0.000000464. The van der Waals surface area contributed by atoms with Gasteiger partial charge in [-0.15, -0.1) is 0 Å². The molecule has 1 spiro atoms. The van der Waals surface area contributed by atoms with Crippen molar-refractivity contribution in [3.05, 3.63) is 71.0 Å². The second-order valence-corrected chi connectivity index (χ2v) is 10.2. The smallest absolute Gasteiger partial charge is 0.343 e. The molecule has 0 saturated carbocycles. The number of methoxy groups -OCH3 is 1. The molecule has 0 aromatic heterocycles. The van der Waals surface area contributed by atoms with Crippen LogP contribution in [-0.2, 0) is 27.0 Å². The summed E-state index contributed by atoms with van der Waals surface area (Å²) < 4.78 is 51.0. The van der Waals surface area contributed by atoms with Crippen molar-refractivity contribution in [3.8, 4) is 11.5 Å². The number of rotatable bonds is 3. The number of likely N-dealkylation sites (tertiary alicyclic amines) is 1. The minimum Gasteiger partial charge on any atom is -0.726 e. The molecule has 1 N–H and O–H groups in total. The van der Waals surface area contributed by atoms with E-state index in [4.69, 9.17) is 31.7 Å². The lowest BCUT2D eigenvalue weighted by Crippen LogP contribution is -2.63. The van der Waals surface area contributed by atoms with E-state index in [9.17, 15) is 4.79 Å². The number of hydrogen-bond acceptors (Lipinski definition) is 8. The molecule has 2 aliphatic heterocycles. The molecule has 2 aliphatic carbocycles. The summed E-state index contributed by atoms with van der Waals surface area (Å²) in [5.41, 5.74) is 3.03. The Labute approximate surface area is 203 Å².